The molecule has 0 spiro atoms. The van der Waals surface area contributed by atoms with E-state index < -0.39 is 0 Å². The number of nitrogens with one attached hydrogen (secondary N) is 2. The Hall–Kier alpha value is -4.64. The number of hydrogen-bond donors (Lipinski definition) is 3. The second-order valence-electron chi connectivity index (χ2n) is 10.3. The first-order valence-corrected chi connectivity index (χ1v) is 13.5. The molecule has 40 heavy (non-hydrogen) atoms. The third-order valence-electron chi connectivity index (χ3n) is 7.28. The highest BCUT2D eigenvalue weighted by Crippen LogP contribution is 2.34. The van der Waals surface area contributed by atoms with E-state index in [0.717, 1.165) is 17.5 Å². The van der Waals surface area contributed by atoms with Gasteiger partial charge in [-0.1, -0.05) is 18.2 Å². The molecule has 11 heteroatoms. The summed E-state index contributed by atoms with van der Waals surface area (Å²) in [6.07, 6.45) is 9.82. The second-order valence-corrected chi connectivity index (χ2v) is 10.3. The highest BCUT2D eigenvalue weighted by Gasteiger charge is 2.30. The lowest BCUT2D eigenvalue weighted by Gasteiger charge is -2.15. The SMILES string of the molecule is Cc1ccnc(NC(=O)c2ccc(-c3nn(C4CCN(C(=O)/C=C/CNC5CC5)C4)c4ncnc(N)c34)cc2)c1. The van der Waals surface area contributed by atoms with Gasteiger partial charge in [-0.05, 0) is 56.0 Å². The number of fused-ring (bicyclic) bond motifs is 1. The average Bonchev–Trinajstić information content (AvgIpc) is 3.49. The molecule has 4 heterocycles. The molecule has 3 aromatic heterocycles. The number of anilines is 2. The fourth-order valence-electron chi connectivity index (χ4n) is 4.95. The number of carbonyl (C=O) groups excluding carboxylic acids is 2. The Morgan fingerprint density at radius 3 is 2.70 bits per heavy atom. The molecule has 1 saturated heterocycles. The third-order valence-corrected chi connectivity index (χ3v) is 7.28. The van der Waals surface area contributed by atoms with Crippen LogP contribution in [0.2, 0.25) is 0 Å². The minimum atomic E-state index is -0.254. The van der Waals surface area contributed by atoms with Crippen molar-refractivity contribution < 1.29 is 9.59 Å². The standard InChI is InChI=1S/C29H31N9O2/c1-18-10-13-32-23(15-18)35-29(40)20-6-4-19(5-7-20)26-25-27(30)33-17-34-28(25)38(36-26)22-11-14-37(16-22)24(39)3-2-12-31-21-8-9-21/h2-7,10,13,15,17,21-22,31H,8-9,11-12,14,16H2,1H3,(H2,30,33,34)(H,32,35,40)/b3-2+. The number of rotatable bonds is 8. The molecule has 1 saturated carbocycles. The van der Waals surface area contributed by atoms with Gasteiger partial charge in [0, 0.05) is 49.1 Å². The van der Waals surface area contributed by atoms with Gasteiger partial charge >= 0.3 is 0 Å². The summed E-state index contributed by atoms with van der Waals surface area (Å²) in [4.78, 5) is 40.2. The quantitative estimate of drug-likeness (QED) is 0.291. The van der Waals surface area contributed by atoms with Crippen LogP contribution in [0.15, 0.2) is 61.1 Å². The van der Waals surface area contributed by atoms with E-state index in [4.69, 9.17) is 10.8 Å². The van der Waals surface area contributed by atoms with Crippen molar-refractivity contribution in [3.8, 4) is 11.3 Å². The molecule has 1 aromatic carbocycles. The molecule has 204 valence electrons. The van der Waals surface area contributed by atoms with Crippen molar-refractivity contribution in [1.29, 1.82) is 0 Å². The molecule has 1 aliphatic heterocycles. The van der Waals surface area contributed by atoms with Crippen molar-refractivity contribution in [3.63, 3.8) is 0 Å². The van der Waals surface area contributed by atoms with Gasteiger partial charge in [0.2, 0.25) is 5.91 Å². The van der Waals surface area contributed by atoms with Crippen LogP contribution in [0, 0.1) is 6.92 Å². The maximum Gasteiger partial charge on any atom is 0.256 e. The molecule has 4 N–H and O–H groups in total. The van der Waals surface area contributed by atoms with Crippen molar-refractivity contribution in [1.82, 2.24) is 34.9 Å². The summed E-state index contributed by atoms with van der Waals surface area (Å²) in [5.74, 6) is 0.575. The summed E-state index contributed by atoms with van der Waals surface area (Å²) < 4.78 is 1.86. The largest absolute Gasteiger partial charge is 0.383 e. The number of aryl methyl sites for hydroxylation is 1. The van der Waals surface area contributed by atoms with Gasteiger partial charge in [-0.2, -0.15) is 5.10 Å². The van der Waals surface area contributed by atoms with E-state index in [1.807, 2.05) is 46.8 Å². The van der Waals surface area contributed by atoms with Crippen LogP contribution in [0.5, 0.6) is 0 Å². The van der Waals surface area contributed by atoms with E-state index in [9.17, 15) is 9.59 Å². The van der Waals surface area contributed by atoms with Gasteiger partial charge in [0.15, 0.2) is 5.65 Å². The number of likely N-dealkylation sites (tertiary alicyclic amines) is 1. The highest BCUT2D eigenvalue weighted by atomic mass is 16.2. The van der Waals surface area contributed by atoms with Crippen LogP contribution in [-0.2, 0) is 4.79 Å². The van der Waals surface area contributed by atoms with Crippen LogP contribution in [-0.4, -0.2) is 67.1 Å². The number of aromatic nitrogens is 5. The van der Waals surface area contributed by atoms with Crippen molar-refractivity contribution in [2.24, 2.45) is 0 Å². The lowest BCUT2D eigenvalue weighted by atomic mass is 10.1. The van der Waals surface area contributed by atoms with E-state index in [0.29, 0.717) is 59.6 Å². The van der Waals surface area contributed by atoms with Crippen molar-refractivity contribution in [2.45, 2.75) is 38.3 Å². The maximum absolute atomic E-state index is 12.8. The van der Waals surface area contributed by atoms with Gasteiger partial charge in [0.05, 0.1) is 11.4 Å². The molecule has 1 unspecified atom stereocenters. The molecule has 2 amide bonds. The number of nitrogens with zero attached hydrogens (tertiary/aromatic N) is 6. The van der Waals surface area contributed by atoms with E-state index >= 15 is 0 Å². The first-order valence-electron chi connectivity index (χ1n) is 13.5. The van der Waals surface area contributed by atoms with Crippen molar-refractivity contribution in [3.05, 3.63) is 72.2 Å². The molecule has 1 atom stereocenters. The fourth-order valence-corrected chi connectivity index (χ4v) is 4.95. The predicted octanol–water partition coefficient (Wildman–Crippen LogP) is 3.11. The van der Waals surface area contributed by atoms with Gasteiger partial charge in [0.25, 0.3) is 5.91 Å². The molecule has 6 rings (SSSR count). The van der Waals surface area contributed by atoms with Crippen molar-refractivity contribution >= 4 is 34.5 Å². The Labute approximate surface area is 231 Å². The van der Waals surface area contributed by atoms with Crippen LogP contribution >= 0.6 is 0 Å². The van der Waals surface area contributed by atoms with E-state index in [1.54, 1.807) is 24.4 Å². The smallest absolute Gasteiger partial charge is 0.256 e. The molecular formula is C29H31N9O2. The predicted molar refractivity (Wildman–Crippen MR) is 152 cm³/mol. The summed E-state index contributed by atoms with van der Waals surface area (Å²) in [7, 11) is 0. The lowest BCUT2D eigenvalue weighted by Crippen LogP contribution is -2.28. The molecule has 1 aliphatic carbocycles. The number of hydrogen-bond acceptors (Lipinski definition) is 8. The molecule has 2 fully saturated rings. The fraction of sp³-hybridized carbons (Fsp3) is 0.310. The van der Waals surface area contributed by atoms with Gasteiger partial charge < -0.3 is 21.3 Å². The normalized spacial score (nSPS) is 17.1. The van der Waals surface area contributed by atoms with Crippen LogP contribution in [0.4, 0.5) is 11.6 Å². The van der Waals surface area contributed by atoms with Crippen LogP contribution < -0.4 is 16.4 Å². The van der Waals surface area contributed by atoms with E-state index in [1.165, 1.54) is 19.2 Å². The summed E-state index contributed by atoms with van der Waals surface area (Å²) in [6.45, 7) is 3.82. The maximum atomic E-state index is 12.8. The Balaban J connectivity index is 1.21. The zero-order valence-electron chi connectivity index (χ0n) is 22.2. The van der Waals surface area contributed by atoms with Crippen LogP contribution in [0.3, 0.4) is 0 Å². The monoisotopic (exact) mass is 537 g/mol. The molecule has 0 bridgehead atoms. The molecular weight excluding hydrogens is 506 g/mol. The minimum Gasteiger partial charge on any atom is -0.383 e. The summed E-state index contributed by atoms with van der Waals surface area (Å²) in [5.41, 5.74) is 9.84. The first-order chi connectivity index (χ1) is 19.5. The topological polar surface area (TPSA) is 144 Å². The van der Waals surface area contributed by atoms with Gasteiger partial charge in [0.1, 0.15) is 23.7 Å². The number of pyridine rings is 1. The third kappa shape index (κ3) is 5.41. The number of nitrogen functional groups attached to an aromatic ring is 1. The summed E-state index contributed by atoms with van der Waals surface area (Å²) in [6, 6.07) is 11.4. The Morgan fingerprint density at radius 1 is 1.10 bits per heavy atom. The average molecular weight is 538 g/mol. The molecule has 4 aromatic rings. The minimum absolute atomic E-state index is 0.000602. The van der Waals surface area contributed by atoms with Crippen molar-refractivity contribution in [2.75, 3.05) is 30.7 Å². The van der Waals surface area contributed by atoms with E-state index in [2.05, 4.69) is 25.6 Å². The Kier molecular flexibility index (Phi) is 6.95. The van der Waals surface area contributed by atoms with Gasteiger partial charge in [-0.3, -0.25) is 9.59 Å². The zero-order chi connectivity index (χ0) is 27.6. The lowest BCUT2D eigenvalue weighted by molar-refractivity contribution is -0.125. The molecule has 11 nitrogen and oxygen atoms in total. The summed E-state index contributed by atoms with van der Waals surface area (Å²) in [5, 5.41) is 11.8. The summed E-state index contributed by atoms with van der Waals surface area (Å²) >= 11 is 0. The van der Waals surface area contributed by atoms with Crippen LogP contribution in [0.25, 0.3) is 22.3 Å². The zero-order valence-corrected chi connectivity index (χ0v) is 22.2. The highest BCUT2D eigenvalue weighted by molar-refractivity contribution is 6.04. The number of carbonyl (C=O) groups is 2. The number of benzene rings is 1. The number of amides is 2. The van der Waals surface area contributed by atoms with E-state index in [-0.39, 0.29) is 17.9 Å². The second kappa shape index (κ2) is 10.9. The Morgan fingerprint density at radius 2 is 1.93 bits per heavy atom. The molecule has 2 aliphatic rings. The Bertz CT molecular complexity index is 1590. The van der Waals surface area contributed by atoms with Gasteiger partial charge in [-0.15, -0.1) is 0 Å². The van der Waals surface area contributed by atoms with Gasteiger partial charge in [-0.25, -0.2) is 19.6 Å². The molecule has 0 radical (unpaired) electrons. The van der Waals surface area contributed by atoms with Crippen LogP contribution in [0.1, 0.15) is 41.2 Å². The number of nitrogens with two attached hydrogens (primary N) is 1. The first kappa shape index (κ1) is 25.6.